The lowest BCUT2D eigenvalue weighted by atomic mass is 9.87. The van der Waals surface area contributed by atoms with Crippen molar-refractivity contribution in [2.24, 2.45) is 5.92 Å². The van der Waals surface area contributed by atoms with E-state index in [0.29, 0.717) is 29.5 Å². The van der Waals surface area contributed by atoms with Gasteiger partial charge in [0, 0.05) is 35.8 Å². The molecule has 6 heteroatoms. The fourth-order valence-corrected chi connectivity index (χ4v) is 5.61. The number of nitrogens with zero attached hydrogens (tertiary/aromatic N) is 1. The van der Waals surface area contributed by atoms with E-state index in [2.05, 4.69) is 24.0 Å². The molecule has 156 valence electrons. The number of hydrogen-bond donors (Lipinski definition) is 0. The predicted molar refractivity (Wildman–Crippen MR) is 117 cm³/mol. The van der Waals surface area contributed by atoms with Gasteiger partial charge in [0.25, 0.3) is 0 Å². The van der Waals surface area contributed by atoms with Crippen molar-refractivity contribution in [3.63, 3.8) is 0 Å². The lowest BCUT2D eigenvalue weighted by Crippen LogP contribution is -2.41. The fraction of sp³-hybridized carbons (Fsp3) is 0.478. The second kappa shape index (κ2) is 8.29. The number of halogens is 1. The zero-order valence-electron chi connectivity index (χ0n) is 17.0. The first-order chi connectivity index (χ1) is 13.8. The van der Waals surface area contributed by atoms with Crippen LogP contribution < -0.4 is 4.74 Å². The molecule has 2 aliphatic rings. The third-order valence-corrected chi connectivity index (χ3v) is 7.65. The Morgan fingerprint density at radius 1 is 1.14 bits per heavy atom. The molecule has 0 N–H and O–H groups in total. The van der Waals surface area contributed by atoms with E-state index in [0.717, 1.165) is 36.6 Å². The molecule has 0 bridgehead atoms. The SMILES string of the molecule is C[C@@H]1C[C@H](COc2ccc(S(C)(=O)=O)cc2)CN1[C@H]1CCc2ccc(Cl)cc2C1. The van der Waals surface area contributed by atoms with Gasteiger partial charge >= 0.3 is 0 Å². The van der Waals surface area contributed by atoms with Gasteiger partial charge in [-0.3, -0.25) is 4.90 Å². The first-order valence-corrected chi connectivity index (χ1v) is 12.5. The summed E-state index contributed by atoms with van der Waals surface area (Å²) < 4.78 is 29.1. The van der Waals surface area contributed by atoms with Crippen molar-refractivity contribution < 1.29 is 13.2 Å². The average molecular weight is 434 g/mol. The molecule has 0 spiro atoms. The third-order valence-electron chi connectivity index (χ3n) is 6.29. The van der Waals surface area contributed by atoms with E-state index in [4.69, 9.17) is 16.3 Å². The van der Waals surface area contributed by atoms with Gasteiger partial charge in [-0.05, 0) is 80.1 Å². The van der Waals surface area contributed by atoms with Crippen molar-refractivity contribution in [3.8, 4) is 5.75 Å². The van der Waals surface area contributed by atoms with Crippen molar-refractivity contribution in [2.45, 2.75) is 49.6 Å². The van der Waals surface area contributed by atoms with Gasteiger partial charge in [-0.1, -0.05) is 17.7 Å². The third kappa shape index (κ3) is 4.79. The minimum absolute atomic E-state index is 0.322. The summed E-state index contributed by atoms with van der Waals surface area (Å²) in [6.07, 6.45) is 5.73. The zero-order valence-corrected chi connectivity index (χ0v) is 18.5. The maximum Gasteiger partial charge on any atom is 0.175 e. The molecule has 4 rings (SSSR count). The summed E-state index contributed by atoms with van der Waals surface area (Å²) in [4.78, 5) is 2.97. The highest BCUT2D eigenvalue weighted by Crippen LogP contribution is 2.33. The lowest BCUT2D eigenvalue weighted by Gasteiger charge is -2.35. The standard InChI is InChI=1S/C23H28ClNO3S/c1-16-11-17(15-28-22-7-9-23(10-8-22)29(2,26)27)14-25(16)21-6-4-18-3-5-20(24)12-19(18)13-21/h3,5,7-10,12,16-17,21H,4,6,11,13-15H2,1-2H3/t16-,17+,21+/m1/s1. The Morgan fingerprint density at radius 3 is 2.62 bits per heavy atom. The van der Waals surface area contributed by atoms with E-state index in [1.54, 1.807) is 24.3 Å². The minimum atomic E-state index is -3.17. The van der Waals surface area contributed by atoms with Crippen LogP contribution in [0.5, 0.6) is 5.75 Å². The molecule has 2 aromatic rings. The molecule has 0 amide bonds. The normalized spacial score (nSPS) is 25.0. The molecular formula is C23H28ClNO3S. The van der Waals surface area contributed by atoms with Gasteiger partial charge in [0.15, 0.2) is 9.84 Å². The maximum atomic E-state index is 11.6. The Bertz CT molecular complexity index is 974. The summed E-state index contributed by atoms with van der Waals surface area (Å²) in [5.74, 6) is 1.21. The summed E-state index contributed by atoms with van der Waals surface area (Å²) in [7, 11) is -3.17. The first kappa shape index (κ1) is 20.7. The number of hydrogen-bond acceptors (Lipinski definition) is 4. The number of rotatable bonds is 5. The highest BCUT2D eigenvalue weighted by Gasteiger charge is 2.35. The van der Waals surface area contributed by atoms with Crippen LogP contribution in [0.25, 0.3) is 0 Å². The monoisotopic (exact) mass is 433 g/mol. The Kier molecular flexibility index (Phi) is 5.92. The quantitative estimate of drug-likeness (QED) is 0.701. The number of benzene rings is 2. The van der Waals surface area contributed by atoms with Crippen molar-refractivity contribution in [1.82, 2.24) is 4.90 Å². The Labute approximate surface area is 178 Å². The van der Waals surface area contributed by atoms with E-state index >= 15 is 0 Å². The Hall–Kier alpha value is -1.56. The van der Waals surface area contributed by atoms with E-state index in [9.17, 15) is 8.42 Å². The topological polar surface area (TPSA) is 46.6 Å². The molecule has 29 heavy (non-hydrogen) atoms. The van der Waals surface area contributed by atoms with Crippen molar-refractivity contribution >= 4 is 21.4 Å². The fourth-order valence-electron chi connectivity index (χ4n) is 4.79. The van der Waals surface area contributed by atoms with Crippen LogP contribution in [0.4, 0.5) is 0 Å². The van der Waals surface area contributed by atoms with Crippen LogP contribution in [0.1, 0.15) is 30.9 Å². The van der Waals surface area contributed by atoms with E-state index in [1.165, 1.54) is 23.8 Å². The van der Waals surface area contributed by atoms with E-state index in [1.807, 2.05) is 6.07 Å². The van der Waals surface area contributed by atoms with Gasteiger partial charge in [-0.15, -0.1) is 0 Å². The number of aryl methyl sites for hydroxylation is 1. The van der Waals surface area contributed by atoms with Crippen LogP contribution in [0.3, 0.4) is 0 Å². The molecule has 3 atom stereocenters. The molecule has 1 saturated heterocycles. The summed E-state index contributed by atoms with van der Waals surface area (Å²) in [6, 6.07) is 14.1. The molecule has 0 radical (unpaired) electrons. The van der Waals surface area contributed by atoms with Gasteiger partial charge in [-0.25, -0.2) is 8.42 Å². The van der Waals surface area contributed by atoms with Gasteiger partial charge in [-0.2, -0.15) is 0 Å². The zero-order chi connectivity index (χ0) is 20.6. The molecule has 1 aliphatic heterocycles. The van der Waals surface area contributed by atoms with Crippen LogP contribution in [0, 0.1) is 5.92 Å². The van der Waals surface area contributed by atoms with Crippen molar-refractivity contribution in [3.05, 3.63) is 58.6 Å². The molecule has 1 heterocycles. The van der Waals surface area contributed by atoms with Crippen LogP contribution in [-0.2, 0) is 22.7 Å². The second-order valence-corrected chi connectivity index (χ2v) is 11.0. The second-order valence-electron chi connectivity index (χ2n) is 8.51. The lowest BCUT2D eigenvalue weighted by molar-refractivity contribution is 0.164. The van der Waals surface area contributed by atoms with E-state index < -0.39 is 9.84 Å². The van der Waals surface area contributed by atoms with Crippen LogP contribution in [-0.4, -0.2) is 44.8 Å². The van der Waals surface area contributed by atoms with Crippen LogP contribution in [0.2, 0.25) is 5.02 Å². The molecule has 4 nitrogen and oxygen atoms in total. The van der Waals surface area contributed by atoms with Gasteiger partial charge < -0.3 is 4.74 Å². The molecule has 2 aromatic carbocycles. The summed E-state index contributed by atoms with van der Waals surface area (Å²) >= 11 is 6.21. The largest absolute Gasteiger partial charge is 0.493 e. The highest BCUT2D eigenvalue weighted by atomic mass is 35.5. The summed E-state index contributed by atoms with van der Waals surface area (Å²) in [5, 5.41) is 0.826. The number of likely N-dealkylation sites (tertiary alicyclic amines) is 1. The molecular weight excluding hydrogens is 406 g/mol. The first-order valence-electron chi connectivity index (χ1n) is 10.3. The average Bonchev–Trinajstić information content (AvgIpc) is 3.06. The summed E-state index contributed by atoms with van der Waals surface area (Å²) in [6.45, 7) is 4.02. The van der Waals surface area contributed by atoms with Crippen LogP contribution >= 0.6 is 11.6 Å². The molecule has 0 aromatic heterocycles. The highest BCUT2D eigenvalue weighted by molar-refractivity contribution is 7.90. The molecule has 0 saturated carbocycles. The number of ether oxygens (including phenoxy) is 1. The number of sulfone groups is 1. The smallest absolute Gasteiger partial charge is 0.175 e. The minimum Gasteiger partial charge on any atom is -0.493 e. The van der Waals surface area contributed by atoms with Crippen molar-refractivity contribution in [2.75, 3.05) is 19.4 Å². The van der Waals surface area contributed by atoms with Gasteiger partial charge in [0.05, 0.1) is 11.5 Å². The molecule has 1 fully saturated rings. The Balaban J connectivity index is 1.34. The van der Waals surface area contributed by atoms with E-state index in [-0.39, 0.29) is 0 Å². The maximum absolute atomic E-state index is 11.6. The molecule has 0 unspecified atom stereocenters. The van der Waals surface area contributed by atoms with Crippen molar-refractivity contribution in [1.29, 1.82) is 0 Å². The summed E-state index contributed by atoms with van der Waals surface area (Å²) in [5.41, 5.74) is 2.83. The van der Waals surface area contributed by atoms with Gasteiger partial charge in [0.2, 0.25) is 0 Å². The molecule has 1 aliphatic carbocycles. The van der Waals surface area contributed by atoms with Gasteiger partial charge in [0.1, 0.15) is 5.75 Å². The van der Waals surface area contributed by atoms with Crippen LogP contribution in [0.15, 0.2) is 47.4 Å². The predicted octanol–water partition coefficient (Wildman–Crippen LogP) is 4.39. The number of fused-ring (bicyclic) bond motifs is 1. The Morgan fingerprint density at radius 2 is 1.90 bits per heavy atom.